The summed E-state index contributed by atoms with van der Waals surface area (Å²) in [6.45, 7) is 5.60. The van der Waals surface area contributed by atoms with E-state index in [0.717, 1.165) is 17.5 Å². The number of fused-ring (bicyclic) bond motifs is 3. The highest BCUT2D eigenvalue weighted by molar-refractivity contribution is 5.82. The van der Waals surface area contributed by atoms with E-state index >= 15 is 0 Å². The van der Waals surface area contributed by atoms with E-state index in [1.807, 2.05) is 26.0 Å². The molecule has 1 aromatic heterocycles. The van der Waals surface area contributed by atoms with Crippen molar-refractivity contribution in [1.82, 2.24) is 0 Å². The van der Waals surface area contributed by atoms with Crippen LogP contribution in [0.5, 0.6) is 0 Å². The Kier molecular flexibility index (Phi) is 3.15. The van der Waals surface area contributed by atoms with Crippen LogP contribution in [0.15, 0.2) is 21.3 Å². The number of aryl methyl sites for hydroxylation is 1. The van der Waals surface area contributed by atoms with Crippen LogP contribution in [0.3, 0.4) is 0 Å². The summed E-state index contributed by atoms with van der Waals surface area (Å²) in [5.41, 5.74) is 3.23. The van der Waals surface area contributed by atoms with E-state index in [9.17, 15) is 4.79 Å². The highest BCUT2D eigenvalue weighted by atomic mass is 16.7. The maximum atomic E-state index is 12.4. The Morgan fingerprint density at radius 1 is 1.30 bits per heavy atom. The molecule has 0 bridgehead atoms. The molecule has 2 aromatic rings. The van der Waals surface area contributed by atoms with Crippen molar-refractivity contribution in [3.63, 3.8) is 0 Å². The normalized spacial score (nSPS) is 22.0. The third kappa shape index (κ3) is 1.87. The predicted octanol–water partition coefficient (Wildman–Crippen LogP) is 3.02. The number of hydrogen-bond donors (Lipinski definition) is 0. The van der Waals surface area contributed by atoms with E-state index in [2.05, 4.69) is 0 Å². The molecule has 0 spiro atoms. The summed E-state index contributed by atoms with van der Waals surface area (Å²) in [5.74, 6) is 0.643. The third-order valence-corrected chi connectivity index (χ3v) is 3.97. The average Bonchev–Trinajstić information content (AvgIpc) is 2.43. The number of methoxy groups -OCH3 is 1. The number of benzene rings is 1. The number of rotatable bonds is 1. The topological polar surface area (TPSA) is 48.7 Å². The molecule has 1 aliphatic rings. The summed E-state index contributed by atoms with van der Waals surface area (Å²) < 4.78 is 17.1. The van der Waals surface area contributed by atoms with Gasteiger partial charge in [0.15, 0.2) is 11.7 Å². The van der Waals surface area contributed by atoms with Gasteiger partial charge in [-0.05, 0) is 38.8 Å². The first kappa shape index (κ1) is 13.3. The first-order chi connectivity index (χ1) is 9.52. The van der Waals surface area contributed by atoms with Crippen LogP contribution in [0.4, 0.5) is 0 Å². The van der Waals surface area contributed by atoms with Gasteiger partial charge < -0.3 is 13.9 Å². The van der Waals surface area contributed by atoms with E-state index < -0.39 is 6.29 Å². The molecule has 4 nitrogen and oxygen atoms in total. The molecule has 20 heavy (non-hydrogen) atoms. The molecule has 0 amide bonds. The van der Waals surface area contributed by atoms with Crippen LogP contribution in [-0.2, 0) is 15.9 Å². The molecule has 0 radical (unpaired) electrons. The van der Waals surface area contributed by atoms with Gasteiger partial charge in [-0.2, -0.15) is 0 Å². The van der Waals surface area contributed by atoms with Gasteiger partial charge in [0.1, 0.15) is 11.3 Å². The summed E-state index contributed by atoms with van der Waals surface area (Å²) in [6, 6.07) is 3.82. The maximum absolute atomic E-state index is 12.4. The van der Waals surface area contributed by atoms with E-state index in [4.69, 9.17) is 13.9 Å². The van der Waals surface area contributed by atoms with Gasteiger partial charge in [-0.15, -0.1) is 0 Å². The lowest BCUT2D eigenvalue weighted by molar-refractivity contribution is -0.162. The Morgan fingerprint density at radius 2 is 2.05 bits per heavy atom. The summed E-state index contributed by atoms with van der Waals surface area (Å²) in [5, 5.41) is 0.590. The molecule has 0 saturated heterocycles. The van der Waals surface area contributed by atoms with Gasteiger partial charge in [0, 0.05) is 12.7 Å². The van der Waals surface area contributed by atoms with Gasteiger partial charge in [-0.1, -0.05) is 6.07 Å². The monoisotopic (exact) mass is 274 g/mol. The molecule has 0 fully saturated rings. The Labute approximate surface area is 117 Å². The van der Waals surface area contributed by atoms with Crippen LogP contribution in [0.25, 0.3) is 11.0 Å². The van der Waals surface area contributed by atoms with Crippen molar-refractivity contribution in [3.05, 3.63) is 44.8 Å². The summed E-state index contributed by atoms with van der Waals surface area (Å²) in [7, 11) is 1.60. The molecule has 2 unspecified atom stereocenters. The van der Waals surface area contributed by atoms with Gasteiger partial charge >= 0.3 is 0 Å². The second kappa shape index (κ2) is 4.72. The first-order valence-corrected chi connectivity index (χ1v) is 6.77. The van der Waals surface area contributed by atoms with Crippen molar-refractivity contribution in [2.24, 2.45) is 0 Å². The zero-order valence-electron chi connectivity index (χ0n) is 12.1. The van der Waals surface area contributed by atoms with Gasteiger partial charge in [-0.3, -0.25) is 4.79 Å². The molecule has 2 heterocycles. The Bertz CT molecular complexity index is 729. The summed E-state index contributed by atoms with van der Waals surface area (Å²) in [6.07, 6.45) is 0.396. The maximum Gasteiger partial charge on any atom is 0.195 e. The molecular weight excluding hydrogens is 256 g/mol. The predicted molar refractivity (Wildman–Crippen MR) is 76.0 cm³/mol. The van der Waals surface area contributed by atoms with Gasteiger partial charge in [0.2, 0.25) is 0 Å². The standard InChI is InChI=1S/C16H18O4/c1-8-7-11-5-6-12-14(17)9(2)10(3)20-15(12)13(11)16(18-4)19-8/h5-6,8,16H,7H2,1-4H3. The lowest BCUT2D eigenvalue weighted by atomic mass is 9.95. The molecule has 106 valence electrons. The zero-order valence-corrected chi connectivity index (χ0v) is 12.1. The van der Waals surface area contributed by atoms with Gasteiger partial charge in [0.25, 0.3) is 0 Å². The fraction of sp³-hybridized carbons (Fsp3) is 0.438. The highest BCUT2D eigenvalue weighted by Crippen LogP contribution is 2.36. The van der Waals surface area contributed by atoms with Crippen LogP contribution < -0.4 is 5.43 Å². The van der Waals surface area contributed by atoms with E-state index in [1.54, 1.807) is 14.0 Å². The minimum absolute atomic E-state index is 0.0139. The van der Waals surface area contributed by atoms with Crippen LogP contribution in [0, 0.1) is 13.8 Å². The fourth-order valence-corrected chi connectivity index (χ4v) is 2.77. The van der Waals surface area contributed by atoms with Crippen molar-refractivity contribution in [2.75, 3.05) is 7.11 Å². The molecule has 1 aromatic carbocycles. The van der Waals surface area contributed by atoms with E-state index in [0.29, 0.717) is 22.3 Å². The van der Waals surface area contributed by atoms with Gasteiger partial charge in [0.05, 0.1) is 17.1 Å². The van der Waals surface area contributed by atoms with Crippen LogP contribution in [0.2, 0.25) is 0 Å². The molecule has 0 saturated carbocycles. The van der Waals surface area contributed by atoms with Crippen molar-refractivity contribution < 1.29 is 13.9 Å². The molecular formula is C16H18O4. The average molecular weight is 274 g/mol. The molecule has 4 heteroatoms. The zero-order chi connectivity index (χ0) is 14.4. The SMILES string of the molecule is COC1OC(C)Cc2ccc3c(=O)c(C)c(C)oc3c21. The molecule has 1 aliphatic heterocycles. The lowest BCUT2D eigenvalue weighted by Gasteiger charge is -2.29. The van der Waals surface area contributed by atoms with Gasteiger partial charge in [-0.25, -0.2) is 0 Å². The number of hydrogen-bond acceptors (Lipinski definition) is 4. The van der Waals surface area contributed by atoms with Crippen LogP contribution in [-0.4, -0.2) is 13.2 Å². The van der Waals surface area contributed by atoms with Crippen molar-refractivity contribution in [3.8, 4) is 0 Å². The summed E-state index contributed by atoms with van der Waals surface area (Å²) >= 11 is 0. The Morgan fingerprint density at radius 3 is 2.75 bits per heavy atom. The van der Waals surface area contributed by atoms with Crippen molar-refractivity contribution in [1.29, 1.82) is 0 Å². The fourth-order valence-electron chi connectivity index (χ4n) is 2.77. The van der Waals surface area contributed by atoms with Crippen molar-refractivity contribution >= 4 is 11.0 Å². The number of ether oxygens (including phenoxy) is 2. The minimum atomic E-state index is -0.484. The largest absolute Gasteiger partial charge is 0.460 e. The molecule has 3 rings (SSSR count). The molecule has 0 aliphatic carbocycles. The second-order valence-corrected chi connectivity index (χ2v) is 5.35. The second-order valence-electron chi connectivity index (χ2n) is 5.35. The van der Waals surface area contributed by atoms with Crippen molar-refractivity contribution in [2.45, 2.75) is 39.6 Å². The highest BCUT2D eigenvalue weighted by Gasteiger charge is 2.29. The Hall–Kier alpha value is -1.65. The quantitative estimate of drug-likeness (QED) is 0.802. The smallest absolute Gasteiger partial charge is 0.195 e. The first-order valence-electron chi connectivity index (χ1n) is 6.77. The van der Waals surface area contributed by atoms with E-state index in [-0.39, 0.29) is 11.5 Å². The Balaban J connectivity index is 2.38. The molecule has 0 N–H and O–H groups in total. The molecule has 2 atom stereocenters. The van der Waals surface area contributed by atoms with Crippen LogP contribution in [0.1, 0.15) is 35.7 Å². The lowest BCUT2D eigenvalue weighted by Crippen LogP contribution is -2.25. The summed E-state index contributed by atoms with van der Waals surface area (Å²) in [4.78, 5) is 12.4. The third-order valence-electron chi connectivity index (χ3n) is 3.97. The van der Waals surface area contributed by atoms with E-state index in [1.165, 1.54) is 0 Å². The minimum Gasteiger partial charge on any atom is -0.460 e. The van der Waals surface area contributed by atoms with Crippen LogP contribution >= 0.6 is 0 Å².